The molecule has 4 aliphatic rings. The minimum atomic E-state index is -0.111. The average Bonchev–Trinajstić information content (AvgIpc) is 3.69. The summed E-state index contributed by atoms with van der Waals surface area (Å²) in [6.45, 7) is 4.73. The Balaban J connectivity index is 1.03. The van der Waals surface area contributed by atoms with E-state index < -0.39 is 0 Å². The van der Waals surface area contributed by atoms with Crippen molar-refractivity contribution in [2.45, 2.75) is 32.1 Å². The van der Waals surface area contributed by atoms with Gasteiger partial charge in [0, 0.05) is 16.8 Å². The molecule has 0 saturated heterocycles. The zero-order valence-electron chi connectivity index (χ0n) is 40.6. The summed E-state index contributed by atoms with van der Waals surface area (Å²) in [5.74, 6) is 3.42. The molecule has 2 aliphatic heterocycles. The maximum absolute atomic E-state index is 6.60. The molecule has 11 aromatic carbocycles. The van der Waals surface area contributed by atoms with Gasteiger partial charge in [-0.3, -0.25) is 0 Å². The van der Waals surface area contributed by atoms with Crippen LogP contribution in [0.15, 0.2) is 242 Å². The van der Waals surface area contributed by atoms with E-state index in [9.17, 15) is 0 Å². The van der Waals surface area contributed by atoms with Gasteiger partial charge in [-0.1, -0.05) is 166 Å². The maximum atomic E-state index is 6.60. The Hall–Kier alpha value is -9.12. The summed E-state index contributed by atoms with van der Waals surface area (Å²) in [7, 11) is 0. The first-order valence-electron chi connectivity index (χ1n) is 25.5. The second kappa shape index (κ2) is 15.9. The fraction of sp³-hybridized carbons (Fsp3) is 0.0725. The van der Waals surface area contributed by atoms with E-state index in [0.29, 0.717) is 0 Å². The lowest BCUT2D eigenvalue weighted by Crippen LogP contribution is -2.25. The Labute approximate surface area is 425 Å². The largest absolute Gasteiger partial charge is 0.453 e. The molecule has 0 N–H and O–H groups in total. The van der Waals surface area contributed by atoms with Crippen LogP contribution in [0.5, 0.6) is 17.2 Å². The van der Waals surface area contributed by atoms with Gasteiger partial charge in [-0.05, 0) is 180 Å². The third-order valence-electron chi connectivity index (χ3n) is 15.9. The van der Waals surface area contributed by atoms with Gasteiger partial charge in [0.25, 0.3) is 0 Å². The number of hydrogen-bond acceptors (Lipinski definition) is 4. The van der Waals surface area contributed by atoms with Gasteiger partial charge in [0.2, 0.25) is 0 Å². The van der Waals surface area contributed by atoms with Crippen LogP contribution < -0.4 is 19.3 Å². The predicted molar refractivity (Wildman–Crippen MR) is 302 cm³/mol. The lowest BCUT2D eigenvalue weighted by atomic mass is 9.81. The van der Waals surface area contributed by atoms with Crippen LogP contribution in [0.4, 0.5) is 28.4 Å². The number of allylic oxidation sites excluding steroid dienone is 3. The van der Waals surface area contributed by atoms with E-state index in [0.717, 1.165) is 69.8 Å². The second-order valence-corrected chi connectivity index (χ2v) is 20.3. The molecular weight excluding hydrogens is 889 g/mol. The molecule has 4 nitrogen and oxygen atoms in total. The van der Waals surface area contributed by atoms with Crippen molar-refractivity contribution in [3.63, 3.8) is 0 Å². The first-order chi connectivity index (χ1) is 36.0. The molecule has 11 aromatic rings. The highest BCUT2D eigenvalue weighted by molar-refractivity contribution is 6.25. The smallest absolute Gasteiger partial charge is 0.151 e. The van der Waals surface area contributed by atoms with Crippen LogP contribution in [0.1, 0.15) is 37.8 Å². The Morgan fingerprint density at radius 2 is 0.973 bits per heavy atom. The number of para-hydroxylation sites is 6. The van der Waals surface area contributed by atoms with E-state index in [2.05, 4.69) is 242 Å². The number of ether oxygens (including phenoxy) is 2. The van der Waals surface area contributed by atoms with Gasteiger partial charge in [-0.25, -0.2) is 0 Å². The Morgan fingerprint density at radius 3 is 1.77 bits per heavy atom. The summed E-state index contributed by atoms with van der Waals surface area (Å²) < 4.78 is 13.2. The minimum Gasteiger partial charge on any atom is -0.453 e. The molecule has 0 atom stereocenters. The molecule has 0 bridgehead atoms. The molecule has 2 heterocycles. The normalized spacial score (nSPS) is 14.8. The van der Waals surface area contributed by atoms with Gasteiger partial charge in [-0.2, -0.15) is 0 Å². The highest BCUT2D eigenvalue weighted by atomic mass is 16.5. The lowest BCUT2D eigenvalue weighted by molar-refractivity contribution is 0.421. The van der Waals surface area contributed by atoms with Gasteiger partial charge in [0.05, 0.1) is 22.8 Å². The van der Waals surface area contributed by atoms with Gasteiger partial charge in [0.15, 0.2) is 17.2 Å². The second-order valence-electron chi connectivity index (χ2n) is 20.3. The van der Waals surface area contributed by atoms with Gasteiger partial charge >= 0.3 is 0 Å². The number of rotatable bonds is 5. The van der Waals surface area contributed by atoms with Crippen LogP contribution in [0.2, 0.25) is 0 Å². The Morgan fingerprint density at radius 1 is 0.397 bits per heavy atom. The molecular formula is C69H48N2O2. The number of nitrogens with zero attached hydrogens (tertiary/aromatic N) is 2. The van der Waals surface area contributed by atoms with E-state index in [1.54, 1.807) is 0 Å². The molecule has 0 radical (unpaired) electrons. The number of fused-ring (bicyclic) bond motifs is 9. The Bertz CT molecular complexity index is 4160. The van der Waals surface area contributed by atoms with Gasteiger partial charge < -0.3 is 19.3 Å². The summed E-state index contributed by atoms with van der Waals surface area (Å²) >= 11 is 0. The maximum Gasteiger partial charge on any atom is 0.151 e. The molecule has 4 heteroatoms. The summed E-state index contributed by atoms with van der Waals surface area (Å²) in [6.07, 6.45) is 6.20. The van der Waals surface area contributed by atoms with Crippen LogP contribution in [0.25, 0.3) is 76.8 Å². The summed E-state index contributed by atoms with van der Waals surface area (Å²) in [6, 6.07) is 80.3. The van der Waals surface area contributed by atoms with E-state index in [1.165, 1.54) is 88.1 Å². The first kappa shape index (κ1) is 41.6. The topological polar surface area (TPSA) is 24.9 Å². The van der Waals surface area contributed by atoms with Crippen LogP contribution in [-0.4, -0.2) is 0 Å². The Kier molecular flexibility index (Phi) is 9.10. The van der Waals surface area contributed by atoms with Crippen LogP contribution in [-0.2, 0) is 5.41 Å². The van der Waals surface area contributed by atoms with Crippen molar-refractivity contribution in [1.29, 1.82) is 0 Å². The van der Waals surface area contributed by atoms with Gasteiger partial charge in [0.1, 0.15) is 5.76 Å². The number of benzene rings is 11. The van der Waals surface area contributed by atoms with Crippen molar-refractivity contribution in [2.24, 2.45) is 0 Å². The number of hydrogen-bond donors (Lipinski definition) is 0. The zero-order valence-corrected chi connectivity index (χ0v) is 40.6. The third-order valence-corrected chi connectivity index (χ3v) is 15.9. The van der Waals surface area contributed by atoms with Crippen molar-refractivity contribution >= 4 is 60.8 Å². The lowest BCUT2D eigenvalue weighted by Gasteiger charge is -2.36. The fourth-order valence-electron chi connectivity index (χ4n) is 12.5. The molecule has 73 heavy (non-hydrogen) atoms. The van der Waals surface area contributed by atoms with Crippen molar-refractivity contribution < 1.29 is 9.47 Å². The number of anilines is 5. The van der Waals surface area contributed by atoms with Crippen LogP contribution in [0, 0.1) is 0 Å². The highest BCUT2D eigenvalue weighted by Gasteiger charge is 2.36. The molecule has 0 spiro atoms. The minimum absolute atomic E-state index is 0.111. The summed E-state index contributed by atoms with van der Waals surface area (Å²) in [5, 5.41) is 7.14. The predicted octanol–water partition coefficient (Wildman–Crippen LogP) is 19.1. The molecule has 0 aromatic heterocycles. The molecule has 2 aliphatic carbocycles. The highest BCUT2D eigenvalue weighted by Crippen LogP contribution is 2.55. The third kappa shape index (κ3) is 6.33. The molecule has 0 saturated carbocycles. The van der Waals surface area contributed by atoms with E-state index in [-0.39, 0.29) is 5.41 Å². The molecule has 0 amide bonds. The standard InChI is InChI=1S/C69H48N2O2/c1-69(2)57-24-6-5-22-50(57)51-36-33-45(40-58(51)69)44-19-15-20-46(39-44)67-53-37-34-48(71-61-27-9-13-31-65(61)73-66-32-14-10-28-62(66)71)42-56(53)68(52-23-16-18-43-17-3-4-21-49(43)52)54-38-35-47(41-55(54)67)70-59-25-7-11-29-63(59)72-64-30-12-8-26-60(64)70/h3-7,9-25,27-42H,8,26H2,1-2H3. The van der Waals surface area contributed by atoms with E-state index in [4.69, 9.17) is 9.47 Å². The van der Waals surface area contributed by atoms with E-state index >= 15 is 0 Å². The van der Waals surface area contributed by atoms with Crippen molar-refractivity contribution in [3.05, 3.63) is 253 Å². The van der Waals surface area contributed by atoms with Crippen LogP contribution >= 0.6 is 0 Å². The summed E-state index contributed by atoms with van der Waals surface area (Å²) in [5.41, 5.74) is 18.8. The first-order valence-corrected chi connectivity index (χ1v) is 25.5. The molecule has 15 rings (SSSR count). The molecule has 346 valence electrons. The van der Waals surface area contributed by atoms with Crippen LogP contribution in [0.3, 0.4) is 0 Å². The average molecular weight is 937 g/mol. The van der Waals surface area contributed by atoms with Crippen molar-refractivity contribution in [2.75, 3.05) is 9.80 Å². The van der Waals surface area contributed by atoms with Crippen molar-refractivity contribution in [1.82, 2.24) is 0 Å². The van der Waals surface area contributed by atoms with E-state index in [1.807, 2.05) is 12.1 Å². The fourth-order valence-corrected chi connectivity index (χ4v) is 12.5. The summed E-state index contributed by atoms with van der Waals surface area (Å²) in [4.78, 5) is 4.81. The monoisotopic (exact) mass is 936 g/mol. The quantitative estimate of drug-likeness (QED) is 0.161. The van der Waals surface area contributed by atoms with Crippen molar-refractivity contribution in [3.8, 4) is 61.8 Å². The molecule has 0 unspecified atom stereocenters. The molecule has 0 fully saturated rings. The zero-order chi connectivity index (χ0) is 48.4. The van der Waals surface area contributed by atoms with Gasteiger partial charge in [-0.15, -0.1) is 0 Å². The SMILES string of the molecule is CC1(C)c2ccccc2-c2ccc(-c3cccc(-c4c5cc(N6C7=C(C=CCC7)Oc7ccccc76)ccc5c(-c5cccc6ccccc56)c5cc(N6c7ccccc7Oc7ccccc76)ccc45)c3)cc21.